The van der Waals surface area contributed by atoms with Crippen LogP contribution in [0.5, 0.6) is 5.75 Å². The highest BCUT2D eigenvalue weighted by Crippen LogP contribution is 2.48. The Morgan fingerprint density at radius 2 is 1.71 bits per heavy atom. The standard InChI is InChI=1S/C18H20N4O2/c23-14-4-2-13(3-5-14)15-12-16(15)17(24)21-8-10-22(11-9-21)18-19-6-1-7-20-18/h1-7,15-16,23H,8-12H2. The van der Waals surface area contributed by atoms with E-state index in [4.69, 9.17) is 0 Å². The Hall–Kier alpha value is -2.63. The lowest BCUT2D eigenvalue weighted by Gasteiger charge is -2.34. The number of phenolic OH excluding ortho intramolecular Hbond substituents is 1. The third-order valence-corrected chi connectivity index (χ3v) is 4.86. The number of hydrogen-bond acceptors (Lipinski definition) is 5. The van der Waals surface area contributed by atoms with Crippen LogP contribution in [0.2, 0.25) is 0 Å². The van der Waals surface area contributed by atoms with Crippen LogP contribution in [0.1, 0.15) is 17.9 Å². The second kappa shape index (κ2) is 6.11. The van der Waals surface area contributed by atoms with E-state index >= 15 is 0 Å². The maximum absolute atomic E-state index is 12.7. The number of carbonyl (C=O) groups is 1. The van der Waals surface area contributed by atoms with Gasteiger partial charge in [0.05, 0.1) is 0 Å². The largest absolute Gasteiger partial charge is 0.508 e. The number of aromatic nitrogens is 2. The number of rotatable bonds is 3. The smallest absolute Gasteiger partial charge is 0.226 e. The van der Waals surface area contributed by atoms with Gasteiger partial charge in [-0.05, 0) is 36.1 Å². The lowest BCUT2D eigenvalue weighted by Crippen LogP contribution is -2.49. The van der Waals surface area contributed by atoms with Crippen molar-refractivity contribution in [3.8, 4) is 5.75 Å². The number of anilines is 1. The number of nitrogens with zero attached hydrogens (tertiary/aromatic N) is 4. The van der Waals surface area contributed by atoms with Crippen molar-refractivity contribution in [3.63, 3.8) is 0 Å². The van der Waals surface area contributed by atoms with Crippen molar-refractivity contribution in [1.82, 2.24) is 14.9 Å². The van der Waals surface area contributed by atoms with Gasteiger partial charge in [-0.3, -0.25) is 4.79 Å². The second-order valence-corrected chi connectivity index (χ2v) is 6.40. The molecular formula is C18H20N4O2. The quantitative estimate of drug-likeness (QED) is 0.929. The van der Waals surface area contributed by atoms with Gasteiger partial charge in [0.25, 0.3) is 0 Å². The zero-order valence-corrected chi connectivity index (χ0v) is 13.4. The molecule has 2 atom stereocenters. The van der Waals surface area contributed by atoms with Crippen molar-refractivity contribution >= 4 is 11.9 Å². The SMILES string of the molecule is O=C(C1CC1c1ccc(O)cc1)N1CCN(c2ncccn2)CC1. The molecular weight excluding hydrogens is 304 g/mol. The maximum atomic E-state index is 12.7. The van der Waals surface area contributed by atoms with Crippen LogP contribution >= 0.6 is 0 Å². The zero-order valence-electron chi connectivity index (χ0n) is 13.4. The topological polar surface area (TPSA) is 69.6 Å². The summed E-state index contributed by atoms with van der Waals surface area (Å²) in [6, 6.07) is 9.01. The van der Waals surface area contributed by atoms with E-state index in [1.807, 2.05) is 17.0 Å². The number of hydrogen-bond donors (Lipinski definition) is 1. The molecule has 1 saturated carbocycles. The van der Waals surface area contributed by atoms with E-state index in [0.717, 1.165) is 44.1 Å². The van der Waals surface area contributed by atoms with E-state index in [9.17, 15) is 9.90 Å². The minimum atomic E-state index is 0.0917. The molecule has 0 spiro atoms. The first-order valence-corrected chi connectivity index (χ1v) is 8.32. The van der Waals surface area contributed by atoms with Crippen molar-refractivity contribution in [2.24, 2.45) is 5.92 Å². The van der Waals surface area contributed by atoms with E-state index in [2.05, 4.69) is 14.9 Å². The molecule has 1 amide bonds. The molecule has 6 heteroatoms. The Labute approximate surface area is 140 Å². The summed E-state index contributed by atoms with van der Waals surface area (Å²) in [5.74, 6) is 1.64. The molecule has 2 fully saturated rings. The summed E-state index contributed by atoms with van der Waals surface area (Å²) in [4.78, 5) is 25.3. The second-order valence-electron chi connectivity index (χ2n) is 6.40. The molecule has 1 saturated heterocycles. The van der Waals surface area contributed by atoms with Crippen molar-refractivity contribution in [2.75, 3.05) is 31.1 Å². The maximum Gasteiger partial charge on any atom is 0.226 e. The first-order valence-electron chi connectivity index (χ1n) is 8.32. The fraction of sp³-hybridized carbons (Fsp3) is 0.389. The van der Waals surface area contributed by atoms with Crippen molar-refractivity contribution in [1.29, 1.82) is 0 Å². The molecule has 2 unspecified atom stereocenters. The summed E-state index contributed by atoms with van der Waals surface area (Å²) in [6.07, 6.45) is 4.39. The van der Waals surface area contributed by atoms with Gasteiger partial charge in [0.1, 0.15) is 5.75 Å². The Kier molecular flexibility index (Phi) is 3.80. The Balaban J connectivity index is 1.33. The van der Waals surface area contributed by atoms with Gasteiger partial charge in [0, 0.05) is 44.5 Å². The first-order chi connectivity index (χ1) is 11.7. The lowest BCUT2D eigenvalue weighted by atomic mass is 10.1. The van der Waals surface area contributed by atoms with Gasteiger partial charge < -0.3 is 14.9 Å². The van der Waals surface area contributed by atoms with Gasteiger partial charge in [-0.25, -0.2) is 9.97 Å². The van der Waals surface area contributed by atoms with Gasteiger partial charge in [0.15, 0.2) is 0 Å². The summed E-state index contributed by atoms with van der Waals surface area (Å²) in [7, 11) is 0. The molecule has 1 aromatic heterocycles. The number of amides is 1. The molecule has 4 rings (SSSR count). The van der Waals surface area contributed by atoms with E-state index in [0.29, 0.717) is 5.92 Å². The van der Waals surface area contributed by atoms with E-state index in [1.165, 1.54) is 0 Å². The van der Waals surface area contributed by atoms with E-state index < -0.39 is 0 Å². The van der Waals surface area contributed by atoms with Gasteiger partial charge in [0.2, 0.25) is 11.9 Å². The lowest BCUT2D eigenvalue weighted by molar-refractivity contribution is -0.133. The molecule has 1 N–H and O–H groups in total. The van der Waals surface area contributed by atoms with Gasteiger partial charge in [-0.15, -0.1) is 0 Å². The van der Waals surface area contributed by atoms with Crippen LogP contribution in [0.25, 0.3) is 0 Å². The molecule has 2 aliphatic rings. The highest BCUT2D eigenvalue weighted by Gasteiger charge is 2.46. The van der Waals surface area contributed by atoms with E-state index in [1.54, 1.807) is 30.6 Å². The zero-order chi connectivity index (χ0) is 16.5. The minimum absolute atomic E-state index is 0.0917. The highest BCUT2D eigenvalue weighted by atomic mass is 16.3. The minimum Gasteiger partial charge on any atom is -0.508 e. The molecule has 1 aliphatic carbocycles. The number of carbonyl (C=O) groups excluding carboxylic acids is 1. The third kappa shape index (κ3) is 2.91. The summed E-state index contributed by atoms with van der Waals surface area (Å²) in [5, 5.41) is 9.37. The van der Waals surface area contributed by atoms with Crippen LogP contribution in [0, 0.1) is 5.92 Å². The van der Waals surface area contributed by atoms with Crippen LogP contribution in [0.15, 0.2) is 42.7 Å². The number of aromatic hydroxyl groups is 1. The molecule has 1 aromatic carbocycles. The average Bonchev–Trinajstić information content (AvgIpc) is 3.43. The van der Waals surface area contributed by atoms with Crippen LogP contribution in [0.4, 0.5) is 5.95 Å². The summed E-state index contributed by atoms with van der Waals surface area (Å²) in [6.45, 7) is 2.98. The summed E-state index contributed by atoms with van der Waals surface area (Å²) >= 11 is 0. The molecule has 6 nitrogen and oxygen atoms in total. The predicted molar refractivity (Wildman–Crippen MR) is 89.8 cm³/mol. The molecule has 0 radical (unpaired) electrons. The highest BCUT2D eigenvalue weighted by molar-refractivity contribution is 5.83. The summed E-state index contributed by atoms with van der Waals surface area (Å²) in [5.41, 5.74) is 1.14. The number of phenols is 1. The monoisotopic (exact) mass is 324 g/mol. The average molecular weight is 324 g/mol. The van der Waals surface area contributed by atoms with Gasteiger partial charge in [-0.1, -0.05) is 12.1 Å². The fourth-order valence-corrected chi connectivity index (χ4v) is 3.37. The first kappa shape index (κ1) is 14.9. The van der Waals surface area contributed by atoms with Gasteiger partial charge >= 0.3 is 0 Å². The molecule has 1 aliphatic heterocycles. The van der Waals surface area contributed by atoms with Crippen molar-refractivity contribution in [2.45, 2.75) is 12.3 Å². The Morgan fingerprint density at radius 1 is 1.04 bits per heavy atom. The van der Waals surface area contributed by atoms with Crippen molar-refractivity contribution in [3.05, 3.63) is 48.3 Å². The van der Waals surface area contributed by atoms with Crippen LogP contribution in [-0.2, 0) is 4.79 Å². The van der Waals surface area contributed by atoms with Crippen LogP contribution < -0.4 is 4.90 Å². The molecule has 124 valence electrons. The third-order valence-electron chi connectivity index (χ3n) is 4.86. The summed E-state index contributed by atoms with van der Waals surface area (Å²) < 4.78 is 0. The van der Waals surface area contributed by atoms with E-state index in [-0.39, 0.29) is 17.6 Å². The number of piperazine rings is 1. The van der Waals surface area contributed by atoms with Crippen molar-refractivity contribution < 1.29 is 9.90 Å². The molecule has 2 heterocycles. The molecule has 2 aromatic rings. The predicted octanol–water partition coefficient (Wildman–Crippen LogP) is 1.63. The Bertz CT molecular complexity index is 712. The van der Waals surface area contributed by atoms with Gasteiger partial charge in [-0.2, -0.15) is 0 Å². The number of benzene rings is 1. The molecule has 24 heavy (non-hydrogen) atoms. The van der Waals surface area contributed by atoms with Crippen LogP contribution in [-0.4, -0.2) is 52.1 Å². The molecule has 0 bridgehead atoms. The Morgan fingerprint density at radius 3 is 2.38 bits per heavy atom. The van der Waals surface area contributed by atoms with Crippen LogP contribution in [0.3, 0.4) is 0 Å². The normalized spacial score (nSPS) is 23.2. The fourth-order valence-electron chi connectivity index (χ4n) is 3.37.